The summed E-state index contributed by atoms with van der Waals surface area (Å²) in [4.78, 5) is 2.13. The second kappa shape index (κ2) is 7.49. The molecule has 1 unspecified atom stereocenters. The van der Waals surface area contributed by atoms with E-state index >= 15 is 0 Å². The topological polar surface area (TPSA) is 23.5 Å². The molecule has 19 heavy (non-hydrogen) atoms. The predicted molar refractivity (Wildman–Crippen MR) is 79.0 cm³/mol. The molecule has 0 radical (unpaired) electrons. The zero-order chi connectivity index (χ0) is 14.4. The molecule has 0 fully saturated rings. The van der Waals surface area contributed by atoms with E-state index in [0.29, 0.717) is 17.3 Å². The average Bonchev–Trinajstić information content (AvgIpc) is 2.39. The number of halogens is 1. The number of unbranched alkanes of at least 4 members (excludes halogenated alkanes) is 1. The van der Waals surface area contributed by atoms with Crippen molar-refractivity contribution >= 4 is 5.69 Å². The second-order valence-corrected chi connectivity index (χ2v) is 5.19. The molecule has 0 spiro atoms. The van der Waals surface area contributed by atoms with Crippen LogP contribution in [0.15, 0.2) is 18.2 Å². The number of aliphatic hydroxyl groups excluding tert-OH is 1. The molecular weight excluding hydrogens is 241 g/mol. The van der Waals surface area contributed by atoms with Crippen molar-refractivity contribution in [2.24, 2.45) is 0 Å². The van der Waals surface area contributed by atoms with Crippen LogP contribution in [0.5, 0.6) is 0 Å². The normalized spacial score (nSPS) is 14.2. The third kappa shape index (κ3) is 4.20. The van der Waals surface area contributed by atoms with E-state index in [1.54, 1.807) is 13.0 Å². The van der Waals surface area contributed by atoms with Crippen molar-refractivity contribution in [3.8, 4) is 0 Å². The fourth-order valence-corrected chi connectivity index (χ4v) is 2.14. The molecule has 0 aliphatic heterocycles. The minimum atomic E-state index is -0.628. The van der Waals surface area contributed by atoms with Crippen molar-refractivity contribution < 1.29 is 9.50 Å². The summed E-state index contributed by atoms with van der Waals surface area (Å²) in [5.74, 6) is -0.241. The average molecular weight is 267 g/mol. The predicted octanol–water partition coefficient (Wildman–Crippen LogP) is 4.28. The van der Waals surface area contributed by atoms with Crippen molar-refractivity contribution in [2.45, 2.75) is 59.1 Å². The van der Waals surface area contributed by atoms with Gasteiger partial charge in [-0.15, -0.1) is 0 Å². The molecule has 108 valence electrons. The summed E-state index contributed by atoms with van der Waals surface area (Å²) >= 11 is 0. The third-order valence-corrected chi connectivity index (χ3v) is 3.64. The molecule has 1 aromatic carbocycles. The van der Waals surface area contributed by atoms with E-state index in [9.17, 15) is 9.50 Å². The van der Waals surface area contributed by atoms with E-state index in [1.165, 1.54) is 6.07 Å². The summed E-state index contributed by atoms with van der Waals surface area (Å²) < 4.78 is 14.2. The van der Waals surface area contributed by atoms with Crippen LogP contribution in [0.4, 0.5) is 10.1 Å². The quantitative estimate of drug-likeness (QED) is 0.797. The van der Waals surface area contributed by atoms with Crippen LogP contribution in [-0.4, -0.2) is 17.7 Å². The maximum atomic E-state index is 14.2. The zero-order valence-electron chi connectivity index (χ0n) is 12.5. The molecule has 0 bridgehead atoms. The summed E-state index contributed by atoms with van der Waals surface area (Å²) in [7, 11) is 0. The highest BCUT2D eigenvalue weighted by Gasteiger charge is 2.17. The lowest BCUT2D eigenvalue weighted by molar-refractivity contribution is 0.199. The van der Waals surface area contributed by atoms with Crippen LogP contribution in [0.3, 0.4) is 0 Å². The molecule has 1 aromatic rings. The number of rotatable bonds is 7. The van der Waals surface area contributed by atoms with Crippen molar-refractivity contribution in [2.75, 3.05) is 11.4 Å². The van der Waals surface area contributed by atoms with Gasteiger partial charge in [0.25, 0.3) is 0 Å². The monoisotopic (exact) mass is 267 g/mol. The van der Waals surface area contributed by atoms with E-state index in [1.807, 2.05) is 6.07 Å². The van der Waals surface area contributed by atoms with Gasteiger partial charge in [0, 0.05) is 12.6 Å². The van der Waals surface area contributed by atoms with Crippen LogP contribution in [0, 0.1) is 5.82 Å². The first kappa shape index (κ1) is 16.0. The van der Waals surface area contributed by atoms with E-state index < -0.39 is 6.10 Å². The van der Waals surface area contributed by atoms with Gasteiger partial charge in [-0.2, -0.15) is 0 Å². The van der Waals surface area contributed by atoms with Crippen LogP contribution in [0.2, 0.25) is 0 Å². The number of anilines is 1. The fourth-order valence-electron chi connectivity index (χ4n) is 2.14. The van der Waals surface area contributed by atoms with Crippen LogP contribution in [0.25, 0.3) is 0 Å². The number of aliphatic hydroxyl groups is 1. The van der Waals surface area contributed by atoms with Gasteiger partial charge < -0.3 is 10.0 Å². The summed E-state index contributed by atoms with van der Waals surface area (Å²) in [6.45, 7) is 8.90. The van der Waals surface area contributed by atoms with Crippen LogP contribution in [-0.2, 0) is 0 Å². The lowest BCUT2D eigenvalue weighted by Crippen LogP contribution is -2.34. The summed E-state index contributed by atoms with van der Waals surface area (Å²) in [5, 5.41) is 9.49. The van der Waals surface area contributed by atoms with Crippen molar-refractivity contribution in [1.29, 1.82) is 0 Å². The summed E-state index contributed by atoms with van der Waals surface area (Å²) in [5.41, 5.74) is 1.27. The van der Waals surface area contributed by atoms with E-state index in [0.717, 1.165) is 25.8 Å². The first-order valence-corrected chi connectivity index (χ1v) is 7.25. The molecule has 3 heteroatoms. The van der Waals surface area contributed by atoms with Crippen molar-refractivity contribution in [3.05, 3.63) is 29.6 Å². The standard InChI is InChI=1S/C16H26FNO/c1-5-7-10-18(12(3)6-2)16-9-8-14(13(4)19)11-15(16)17/h8-9,11-13,19H,5-7,10H2,1-4H3/t12?,13-/m1/s1. The Morgan fingerprint density at radius 2 is 1.95 bits per heavy atom. The Kier molecular flexibility index (Phi) is 6.29. The highest BCUT2D eigenvalue weighted by atomic mass is 19.1. The Morgan fingerprint density at radius 3 is 2.42 bits per heavy atom. The summed E-state index contributed by atoms with van der Waals surface area (Å²) in [6.07, 6.45) is 2.51. The fraction of sp³-hybridized carbons (Fsp3) is 0.625. The molecule has 2 atom stereocenters. The largest absolute Gasteiger partial charge is 0.389 e. The highest BCUT2D eigenvalue weighted by Crippen LogP contribution is 2.26. The Bertz CT molecular complexity index is 392. The highest BCUT2D eigenvalue weighted by molar-refractivity contribution is 5.50. The maximum Gasteiger partial charge on any atom is 0.146 e. The van der Waals surface area contributed by atoms with E-state index in [2.05, 4.69) is 25.7 Å². The second-order valence-electron chi connectivity index (χ2n) is 5.19. The molecular formula is C16H26FNO. The van der Waals surface area contributed by atoms with Gasteiger partial charge in [-0.1, -0.05) is 26.3 Å². The first-order valence-electron chi connectivity index (χ1n) is 7.25. The Balaban J connectivity index is 3.01. The Morgan fingerprint density at radius 1 is 1.26 bits per heavy atom. The molecule has 1 N–H and O–H groups in total. The van der Waals surface area contributed by atoms with E-state index in [-0.39, 0.29) is 5.82 Å². The molecule has 2 nitrogen and oxygen atoms in total. The van der Waals surface area contributed by atoms with Gasteiger partial charge in [-0.25, -0.2) is 4.39 Å². The summed E-state index contributed by atoms with van der Waals surface area (Å²) in [6, 6.07) is 5.36. The van der Waals surface area contributed by atoms with Crippen molar-refractivity contribution in [1.82, 2.24) is 0 Å². The van der Waals surface area contributed by atoms with Gasteiger partial charge in [-0.3, -0.25) is 0 Å². The molecule has 0 aliphatic rings. The van der Waals surface area contributed by atoms with Crippen molar-refractivity contribution in [3.63, 3.8) is 0 Å². The van der Waals surface area contributed by atoms with Gasteiger partial charge in [0.05, 0.1) is 11.8 Å². The maximum absolute atomic E-state index is 14.2. The minimum Gasteiger partial charge on any atom is -0.389 e. The number of nitrogens with zero attached hydrogens (tertiary/aromatic N) is 1. The molecule has 0 aliphatic carbocycles. The molecule has 0 saturated heterocycles. The van der Waals surface area contributed by atoms with Crippen LogP contribution in [0.1, 0.15) is 58.6 Å². The zero-order valence-corrected chi connectivity index (χ0v) is 12.5. The van der Waals surface area contributed by atoms with E-state index in [4.69, 9.17) is 0 Å². The number of benzene rings is 1. The molecule has 0 saturated carbocycles. The molecule has 1 rings (SSSR count). The first-order chi connectivity index (χ1) is 9.01. The van der Waals surface area contributed by atoms with Crippen LogP contribution >= 0.6 is 0 Å². The SMILES string of the molecule is CCCCN(c1ccc([C@@H](C)O)cc1F)C(C)CC. The van der Waals surface area contributed by atoms with Gasteiger partial charge in [0.2, 0.25) is 0 Å². The smallest absolute Gasteiger partial charge is 0.146 e. The number of hydrogen-bond donors (Lipinski definition) is 1. The van der Waals surface area contributed by atoms with Gasteiger partial charge in [-0.05, 0) is 44.4 Å². The third-order valence-electron chi connectivity index (χ3n) is 3.64. The van der Waals surface area contributed by atoms with Crippen LogP contribution < -0.4 is 4.90 Å². The molecule has 0 aromatic heterocycles. The minimum absolute atomic E-state index is 0.241. The number of hydrogen-bond acceptors (Lipinski definition) is 2. The molecule has 0 amide bonds. The lowest BCUT2D eigenvalue weighted by Gasteiger charge is -2.31. The Hall–Kier alpha value is -1.09. The Labute approximate surface area is 116 Å². The van der Waals surface area contributed by atoms with Gasteiger partial charge in [0.1, 0.15) is 5.82 Å². The van der Waals surface area contributed by atoms with Gasteiger partial charge >= 0.3 is 0 Å². The molecule has 0 heterocycles. The lowest BCUT2D eigenvalue weighted by atomic mass is 10.1. The van der Waals surface area contributed by atoms with Gasteiger partial charge in [0.15, 0.2) is 0 Å².